The van der Waals surface area contributed by atoms with Crippen LogP contribution >= 0.6 is 0 Å². The van der Waals surface area contributed by atoms with E-state index in [0.29, 0.717) is 12.1 Å². The van der Waals surface area contributed by atoms with E-state index in [4.69, 9.17) is 5.73 Å². The molecule has 112 valence electrons. The van der Waals surface area contributed by atoms with Crippen molar-refractivity contribution in [2.45, 2.75) is 33.2 Å². The van der Waals surface area contributed by atoms with Gasteiger partial charge in [0.1, 0.15) is 0 Å². The van der Waals surface area contributed by atoms with E-state index in [1.54, 1.807) is 0 Å². The minimum atomic E-state index is -0.0102. The minimum absolute atomic E-state index is 0.0102. The second-order valence-corrected chi connectivity index (χ2v) is 5.10. The molecule has 1 aromatic carbocycles. The highest BCUT2D eigenvalue weighted by Gasteiger charge is 2.11. The molecule has 1 atom stereocenters. The van der Waals surface area contributed by atoms with Crippen LogP contribution in [-0.2, 0) is 6.42 Å². The van der Waals surface area contributed by atoms with Crippen molar-refractivity contribution in [1.29, 1.82) is 0 Å². The van der Waals surface area contributed by atoms with Gasteiger partial charge in [0.15, 0.2) is 0 Å². The number of carbonyl (C=O) groups is 1. The summed E-state index contributed by atoms with van der Waals surface area (Å²) in [5.74, 6) is -0.0102. The molecule has 1 unspecified atom stereocenters. The highest BCUT2D eigenvalue weighted by molar-refractivity contribution is 5.94. The Morgan fingerprint density at radius 1 is 1.25 bits per heavy atom. The fourth-order valence-corrected chi connectivity index (χ4v) is 2.21. The first kappa shape index (κ1) is 16.7. The highest BCUT2D eigenvalue weighted by atomic mass is 16.1. The van der Waals surface area contributed by atoms with Gasteiger partial charge in [-0.3, -0.25) is 4.79 Å². The second-order valence-electron chi connectivity index (χ2n) is 5.10. The van der Waals surface area contributed by atoms with Crippen molar-refractivity contribution in [1.82, 2.24) is 10.2 Å². The number of carbonyl (C=O) groups excluding carboxylic acids is 1. The third-order valence-corrected chi connectivity index (χ3v) is 3.45. The summed E-state index contributed by atoms with van der Waals surface area (Å²) in [6.45, 7) is 9.83. The van der Waals surface area contributed by atoms with Crippen molar-refractivity contribution in [3.05, 3.63) is 35.4 Å². The first-order valence-corrected chi connectivity index (χ1v) is 7.42. The van der Waals surface area contributed by atoms with Gasteiger partial charge < -0.3 is 16.0 Å². The zero-order valence-electron chi connectivity index (χ0n) is 12.9. The van der Waals surface area contributed by atoms with Crippen molar-refractivity contribution in [2.24, 2.45) is 5.73 Å². The summed E-state index contributed by atoms with van der Waals surface area (Å²) in [5, 5.41) is 3.04. The fourth-order valence-electron chi connectivity index (χ4n) is 2.21. The van der Waals surface area contributed by atoms with Gasteiger partial charge in [-0.1, -0.05) is 26.0 Å². The van der Waals surface area contributed by atoms with Crippen LogP contribution in [0.2, 0.25) is 0 Å². The summed E-state index contributed by atoms with van der Waals surface area (Å²) >= 11 is 0. The molecule has 0 aliphatic carbocycles. The Kier molecular flexibility index (Phi) is 7.26. The summed E-state index contributed by atoms with van der Waals surface area (Å²) in [5.41, 5.74) is 7.39. The number of rotatable bonds is 8. The Bertz CT molecular complexity index is 399. The van der Waals surface area contributed by atoms with Gasteiger partial charge >= 0.3 is 0 Å². The van der Waals surface area contributed by atoms with Crippen molar-refractivity contribution in [3.8, 4) is 0 Å². The van der Waals surface area contributed by atoms with E-state index < -0.39 is 0 Å². The lowest BCUT2D eigenvalue weighted by atomic mass is 10.1. The number of nitrogens with two attached hydrogens (primary N) is 1. The number of likely N-dealkylation sites (N-methyl/N-ethyl adjacent to an activating group) is 1. The predicted molar refractivity (Wildman–Crippen MR) is 83.9 cm³/mol. The Balaban J connectivity index is 2.53. The van der Waals surface area contributed by atoms with Crippen LogP contribution in [0.25, 0.3) is 0 Å². The number of benzene rings is 1. The quantitative estimate of drug-likeness (QED) is 0.759. The molecule has 0 spiro atoms. The second kappa shape index (κ2) is 8.72. The Morgan fingerprint density at radius 3 is 2.35 bits per heavy atom. The molecule has 20 heavy (non-hydrogen) atoms. The van der Waals surface area contributed by atoms with E-state index in [2.05, 4.69) is 24.1 Å². The van der Waals surface area contributed by atoms with Crippen molar-refractivity contribution >= 4 is 5.91 Å². The van der Waals surface area contributed by atoms with E-state index in [0.717, 1.165) is 26.1 Å². The van der Waals surface area contributed by atoms with Crippen LogP contribution in [0.4, 0.5) is 0 Å². The van der Waals surface area contributed by atoms with Crippen LogP contribution in [-0.4, -0.2) is 43.0 Å². The summed E-state index contributed by atoms with van der Waals surface area (Å²) < 4.78 is 0. The molecule has 1 rings (SSSR count). The molecule has 0 aromatic heterocycles. The van der Waals surface area contributed by atoms with Crippen molar-refractivity contribution in [3.63, 3.8) is 0 Å². The molecule has 0 bridgehead atoms. The molecule has 1 amide bonds. The van der Waals surface area contributed by atoms with Gasteiger partial charge in [0.2, 0.25) is 0 Å². The van der Waals surface area contributed by atoms with Crippen LogP contribution in [0.3, 0.4) is 0 Å². The van der Waals surface area contributed by atoms with Gasteiger partial charge in [-0.2, -0.15) is 0 Å². The van der Waals surface area contributed by atoms with Crippen LogP contribution in [0, 0.1) is 0 Å². The molecular formula is C16H27N3O. The molecule has 4 heteroatoms. The zero-order chi connectivity index (χ0) is 15.0. The van der Waals surface area contributed by atoms with Gasteiger partial charge in [0.05, 0.1) is 0 Å². The summed E-state index contributed by atoms with van der Waals surface area (Å²) in [7, 11) is 0. The lowest BCUT2D eigenvalue weighted by Gasteiger charge is -2.23. The van der Waals surface area contributed by atoms with E-state index >= 15 is 0 Å². The lowest BCUT2D eigenvalue weighted by molar-refractivity contribution is 0.0930. The van der Waals surface area contributed by atoms with E-state index in [1.165, 1.54) is 5.56 Å². The number of hydrogen-bond donors (Lipinski definition) is 2. The number of amides is 1. The average Bonchev–Trinajstić information content (AvgIpc) is 2.45. The molecular weight excluding hydrogens is 250 g/mol. The number of nitrogens with zero attached hydrogens (tertiary/aromatic N) is 1. The number of nitrogens with one attached hydrogen (secondary N) is 1. The molecule has 0 fully saturated rings. The van der Waals surface area contributed by atoms with Gasteiger partial charge in [-0.15, -0.1) is 0 Å². The lowest BCUT2D eigenvalue weighted by Crippen LogP contribution is -2.41. The Hall–Kier alpha value is -1.39. The Morgan fingerprint density at radius 2 is 1.85 bits per heavy atom. The summed E-state index contributed by atoms with van der Waals surface area (Å²) in [4.78, 5) is 14.4. The third kappa shape index (κ3) is 5.31. The summed E-state index contributed by atoms with van der Waals surface area (Å²) in [6.07, 6.45) is 0.847. The first-order valence-electron chi connectivity index (χ1n) is 7.42. The standard InChI is InChI=1S/C16H27N3O/c1-4-19(5-2)12-13(3)18-16(20)15-8-6-14(7-9-15)10-11-17/h6-9,13H,4-5,10-12,17H2,1-3H3,(H,18,20). The molecule has 4 nitrogen and oxygen atoms in total. The van der Waals surface area contributed by atoms with Gasteiger partial charge in [-0.25, -0.2) is 0 Å². The largest absolute Gasteiger partial charge is 0.348 e. The Labute approximate surface area is 122 Å². The van der Waals surface area contributed by atoms with Crippen molar-refractivity contribution in [2.75, 3.05) is 26.2 Å². The molecule has 0 saturated heterocycles. The molecule has 0 heterocycles. The molecule has 1 aromatic rings. The van der Waals surface area contributed by atoms with Crippen molar-refractivity contribution < 1.29 is 4.79 Å². The van der Waals surface area contributed by atoms with Gasteiger partial charge in [0, 0.05) is 18.2 Å². The van der Waals surface area contributed by atoms with Crippen LogP contribution in [0.5, 0.6) is 0 Å². The molecule has 0 aliphatic rings. The van der Waals surface area contributed by atoms with Gasteiger partial charge in [0.25, 0.3) is 5.91 Å². The maximum atomic E-state index is 12.1. The maximum absolute atomic E-state index is 12.1. The smallest absolute Gasteiger partial charge is 0.251 e. The third-order valence-electron chi connectivity index (χ3n) is 3.45. The first-order chi connectivity index (χ1) is 9.60. The highest BCUT2D eigenvalue weighted by Crippen LogP contribution is 2.05. The van der Waals surface area contributed by atoms with Crippen LogP contribution in [0.15, 0.2) is 24.3 Å². The SMILES string of the molecule is CCN(CC)CC(C)NC(=O)c1ccc(CCN)cc1. The molecule has 0 radical (unpaired) electrons. The van der Waals surface area contributed by atoms with E-state index in [9.17, 15) is 4.79 Å². The summed E-state index contributed by atoms with van der Waals surface area (Å²) in [6, 6.07) is 7.81. The zero-order valence-corrected chi connectivity index (χ0v) is 12.9. The maximum Gasteiger partial charge on any atom is 0.251 e. The normalized spacial score (nSPS) is 12.4. The van der Waals surface area contributed by atoms with E-state index in [1.807, 2.05) is 31.2 Å². The van der Waals surface area contributed by atoms with Crippen LogP contribution in [0.1, 0.15) is 36.7 Å². The molecule has 0 aliphatic heterocycles. The molecule has 0 saturated carbocycles. The minimum Gasteiger partial charge on any atom is -0.348 e. The fraction of sp³-hybridized carbons (Fsp3) is 0.562. The average molecular weight is 277 g/mol. The number of hydrogen-bond acceptors (Lipinski definition) is 3. The van der Waals surface area contributed by atoms with Crippen LogP contribution < -0.4 is 11.1 Å². The van der Waals surface area contributed by atoms with E-state index in [-0.39, 0.29) is 11.9 Å². The predicted octanol–water partition coefficient (Wildman–Crippen LogP) is 1.65. The molecule has 3 N–H and O–H groups in total. The monoisotopic (exact) mass is 277 g/mol. The topological polar surface area (TPSA) is 58.4 Å². The van der Waals surface area contributed by atoms with Gasteiger partial charge in [-0.05, 0) is 50.7 Å².